The van der Waals surface area contributed by atoms with Gasteiger partial charge in [0.05, 0.1) is 23.6 Å². The van der Waals surface area contributed by atoms with Crippen LogP contribution in [0.15, 0.2) is 16.9 Å². The number of aliphatic imine (C=N–C) groups is 1. The van der Waals surface area contributed by atoms with Crippen LogP contribution >= 0.6 is 23.1 Å². The molecule has 2 aromatic rings. The van der Waals surface area contributed by atoms with Gasteiger partial charge in [0.25, 0.3) is 5.91 Å². The number of carbonyl (C=O) groups excluding carboxylic acids is 3. The minimum atomic E-state index is -0.398. The maximum Gasteiger partial charge on any atom is 0.341 e. The number of aryl methyl sites for hydroxylation is 3. The van der Waals surface area contributed by atoms with Crippen LogP contribution in [0, 0.1) is 6.92 Å². The Morgan fingerprint density at radius 1 is 1.29 bits per heavy atom. The highest BCUT2D eigenvalue weighted by molar-refractivity contribution is 8.14. The monoisotopic (exact) mass is 559 g/mol. The molecule has 0 spiro atoms. The van der Waals surface area contributed by atoms with Crippen molar-refractivity contribution < 1.29 is 23.9 Å². The molecule has 12 heteroatoms. The third-order valence-electron chi connectivity index (χ3n) is 6.22. The lowest BCUT2D eigenvalue weighted by Gasteiger charge is -2.17. The fourth-order valence-electron chi connectivity index (χ4n) is 4.48. The van der Waals surface area contributed by atoms with Crippen LogP contribution in [0.1, 0.15) is 58.2 Å². The summed E-state index contributed by atoms with van der Waals surface area (Å²) in [5.41, 5.74) is 3.39. The van der Waals surface area contributed by atoms with Gasteiger partial charge in [0, 0.05) is 43.9 Å². The minimum absolute atomic E-state index is 0.0386. The van der Waals surface area contributed by atoms with Crippen LogP contribution in [0.2, 0.25) is 0 Å². The van der Waals surface area contributed by atoms with Crippen LogP contribution in [0.4, 0.5) is 5.00 Å². The van der Waals surface area contributed by atoms with Gasteiger partial charge in [-0.25, -0.2) is 9.79 Å². The largest absolute Gasteiger partial charge is 0.462 e. The van der Waals surface area contributed by atoms with Gasteiger partial charge >= 0.3 is 5.97 Å². The van der Waals surface area contributed by atoms with E-state index in [1.54, 1.807) is 29.7 Å². The number of rotatable bonds is 10. The highest BCUT2D eigenvalue weighted by Gasteiger charge is 2.32. The van der Waals surface area contributed by atoms with E-state index in [4.69, 9.17) is 9.47 Å². The number of nitrogens with zero attached hydrogens (tertiary/aromatic N) is 4. The van der Waals surface area contributed by atoms with Crippen LogP contribution in [0.25, 0.3) is 6.08 Å². The minimum Gasteiger partial charge on any atom is -0.462 e. The maximum absolute atomic E-state index is 13.2. The van der Waals surface area contributed by atoms with Crippen molar-refractivity contribution in [2.45, 2.75) is 46.0 Å². The van der Waals surface area contributed by atoms with E-state index in [0.717, 1.165) is 47.4 Å². The zero-order valence-corrected chi connectivity index (χ0v) is 23.8. The predicted molar refractivity (Wildman–Crippen MR) is 150 cm³/mol. The molecule has 2 aliphatic rings. The van der Waals surface area contributed by atoms with E-state index in [1.807, 2.05) is 20.2 Å². The molecule has 0 fully saturated rings. The first-order valence-electron chi connectivity index (χ1n) is 12.7. The molecule has 0 saturated carbocycles. The summed E-state index contributed by atoms with van der Waals surface area (Å²) in [5, 5.41) is 8.25. The number of carbonyl (C=O) groups is 3. The van der Waals surface area contributed by atoms with Gasteiger partial charge in [-0.05, 0) is 57.6 Å². The number of hydrogen-bond acceptors (Lipinski definition) is 9. The van der Waals surface area contributed by atoms with Crippen molar-refractivity contribution in [1.29, 1.82) is 0 Å². The zero-order valence-electron chi connectivity index (χ0n) is 22.2. The van der Waals surface area contributed by atoms with Gasteiger partial charge < -0.3 is 14.8 Å². The lowest BCUT2D eigenvalue weighted by molar-refractivity contribution is -0.122. The maximum atomic E-state index is 13.2. The number of methoxy groups -OCH3 is 1. The molecule has 1 N–H and O–H groups in total. The van der Waals surface area contributed by atoms with Crippen LogP contribution in [-0.4, -0.2) is 70.3 Å². The summed E-state index contributed by atoms with van der Waals surface area (Å²) >= 11 is 2.65. The van der Waals surface area contributed by atoms with Crippen LogP contribution < -0.4 is 5.32 Å². The molecule has 0 bridgehead atoms. The molecule has 2 aromatic heterocycles. The molecule has 38 heavy (non-hydrogen) atoms. The summed E-state index contributed by atoms with van der Waals surface area (Å²) in [6.45, 7) is 4.84. The molecule has 10 nitrogen and oxygen atoms in total. The molecule has 1 aliphatic heterocycles. The third kappa shape index (κ3) is 6.36. The van der Waals surface area contributed by atoms with E-state index in [2.05, 4.69) is 15.4 Å². The Bertz CT molecular complexity index is 1280. The van der Waals surface area contributed by atoms with Crippen molar-refractivity contribution >= 4 is 57.1 Å². The number of amides is 2. The molecular formula is C26H33N5O5S2. The molecule has 0 unspecified atom stereocenters. The second-order valence-corrected chi connectivity index (χ2v) is 11.1. The van der Waals surface area contributed by atoms with Crippen LogP contribution in [-0.2, 0) is 39.0 Å². The van der Waals surface area contributed by atoms with E-state index < -0.39 is 5.97 Å². The van der Waals surface area contributed by atoms with Crippen molar-refractivity contribution in [3.63, 3.8) is 0 Å². The average molecular weight is 560 g/mol. The first-order chi connectivity index (χ1) is 18.3. The number of nitrogens with one attached hydrogen (secondary N) is 1. The lowest BCUT2D eigenvalue weighted by Crippen LogP contribution is -2.32. The second kappa shape index (κ2) is 12.7. The highest BCUT2D eigenvalue weighted by Crippen LogP contribution is 2.38. The Kier molecular flexibility index (Phi) is 9.40. The topological polar surface area (TPSA) is 115 Å². The molecule has 2 amide bonds. The summed E-state index contributed by atoms with van der Waals surface area (Å²) in [7, 11) is 3.44. The zero-order chi connectivity index (χ0) is 27.2. The van der Waals surface area contributed by atoms with Crippen LogP contribution in [0.5, 0.6) is 0 Å². The van der Waals surface area contributed by atoms with E-state index >= 15 is 0 Å². The summed E-state index contributed by atoms with van der Waals surface area (Å²) in [6.07, 6.45) is 7.99. The van der Waals surface area contributed by atoms with Gasteiger partial charge in [0.1, 0.15) is 10.7 Å². The molecule has 0 atom stereocenters. The smallest absolute Gasteiger partial charge is 0.341 e. The summed E-state index contributed by atoms with van der Waals surface area (Å²) in [6, 6.07) is 0. The Morgan fingerprint density at radius 3 is 2.79 bits per heavy atom. The number of ether oxygens (including phenoxy) is 2. The number of thioether (sulfide) groups is 1. The Hall–Kier alpha value is -2.96. The Labute approximate surface area is 230 Å². The van der Waals surface area contributed by atoms with E-state index in [1.165, 1.54) is 23.1 Å². The number of hydrogen-bond donors (Lipinski definition) is 1. The molecular weight excluding hydrogens is 526 g/mol. The van der Waals surface area contributed by atoms with E-state index in [9.17, 15) is 14.4 Å². The van der Waals surface area contributed by atoms with Crippen molar-refractivity contribution in [3.8, 4) is 0 Å². The third-order valence-corrected chi connectivity index (χ3v) is 8.40. The summed E-state index contributed by atoms with van der Waals surface area (Å²) < 4.78 is 12.1. The first-order valence-corrected chi connectivity index (χ1v) is 14.5. The normalized spacial score (nSPS) is 16.1. The van der Waals surface area contributed by atoms with Gasteiger partial charge in [-0.15, -0.1) is 11.3 Å². The van der Waals surface area contributed by atoms with Gasteiger partial charge in [-0.1, -0.05) is 11.8 Å². The molecule has 1 aliphatic carbocycles. The molecule has 0 saturated heterocycles. The van der Waals surface area contributed by atoms with Crippen molar-refractivity contribution in [3.05, 3.63) is 39.2 Å². The fourth-order valence-corrected chi connectivity index (χ4v) is 6.60. The van der Waals surface area contributed by atoms with Crippen molar-refractivity contribution in [2.75, 3.05) is 37.9 Å². The summed E-state index contributed by atoms with van der Waals surface area (Å²) in [4.78, 5) is 46.2. The van der Waals surface area contributed by atoms with Crippen molar-refractivity contribution in [1.82, 2.24) is 14.7 Å². The SMILES string of the molecule is CCOC(=O)c1c(NC(=O)CSC2=NC(=Cc3cn(C)nc3C)C(=O)N2CCCOC)sc2c1CCCC2. The summed E-state index contributed by atoms with van der Waals surface area (Å²) in [5.74, 6) is -0.850. The van der Waals surface area contributed by atoms with E-state index in [-0.39, 0.29) is 24.2 Å². The quantitative estimate of drug-likeness (QED) is 0.268. The molecule has 204 valence electrons. The lowest BCUT2D eigenvalue weighted by atomic mass is 9.95. The number of thiophene rings is 1. The standard InChI is InChI=1S/C26H33N5O5S2/c1-5-36-25(34)22-18-9-6-7-10-20(18)38-23(22)28-21(32)15-37-26-27-19(13-17-14-30(3)29-16(17)2)24(33)31(26)11-8-12-35-4/h13-14H,5-12,15H2,1-4H3,(H,28,32). The number of anilines is 1. The average Bonchev–Trinajstić information content (AvgIpc) is 3.50. The van der Waals surface area contributed by atoms with Gasteiger partial charge in [-0.3, -0.25) is 19.2 Å². The first kappa shape index (κ1) is 28.1. The number of esters is 1. The molecule has 0 aromatic carbocycles. The van der Waals surface area contributed by atoms with Crippen molar-refractivity contribution in [2.24, 2.45) is 12.0 Å². The molecule has 3 heterocycles. The fraction of sp³-hybridized carbons (Fsp3) is 0.500. The Balaban J connectivity index is 1.50. The van der Waals surface area contributed by atoms with Crippen LogP contribution in [0.3, 0.4) is 0 Å². The van der Waals surface area contributed by atoms with Gasteiger partial charge in [0.15, 0.2) is 5.17 Å². The van der Waals surface area contributed by atoms with E-state index in [0.29, 0.717) is 41.0 Å². The Morgan fingerprint density at radius 2 is 2.08 bits per heavy atom. The molecule has 0 radical (unpaired) electrons. The number of fused-ring (bicyclic) bond motifs is 1. The number of amidine groups is 1. The molecule has 4 rings (SSSR count). The predicted octanol–water partition coefficient (Wildman–Crippen LogP) is 3.79. The highest BCUT2D eigenvalue weighted by atomic mass is 32.2. The second-order valence-electron chi connectivity index (χ2n) is 9.04. The number of aromatic nitrogens is 2. The van der Waals surface area contributed by atoms with Gasteiger partial charge in [-0.2, -0.15) is 5.10 Å². The van der Waals surface area contributed by atoms with Gasteiger partial charge in [0.2, 0.25) is 5.91 Å².